The highest BCUT2D eigenvalue weighted by Crippen LogP contribution is 2.30. The van der Waals surface area contributed by atoms with E-state index < -0.39 is 5.79 Å². The predicted molar refractivity (Wildman–Crippen MR) is 83.1 cm³/mol. The molecule has 116 valence electrons. The quantitative estimate of drug-likeness (QED) is 0.564. The lowest BCUT2D eigenvalue weighted by atomic mass is 9.99. The van der Waals surface area contributed by atoms with E-state index in [1.54, 1.807) is 0 Å². The largest absolute Gasteiger partial charge is 0.347 e. The number of carbonyl (C=O) groups excluding carboxylic acids is 1. The van der Waals surface area contributed by atoms with Crippen molar-refractivity contribution in [3.8, 4) is 0 Å². The van der Waals surface area contributed by atoms with Gasteiger partial charge < -0.3 is 14.3 Å². The first-order chi connectivity index (χ1) is 10.1. The highest BCUT2D eigenvalue weighted by atomic mass is 16.7. The molecule has 1 aliphatic rings. The minimum absolute atomic E-state index is 0.00498. The van der Waals surface area contributed by atoms with Gasteiger partial charge in [-0.1, -0.05) is 36.8 Å². The number of hydrogen-bond donors (Lipinski definition) is 0. The average Bonchev–Trinajstić information content (AvgIpc) is 2.43. The zero-order valence-electron chi connectivity index (χ0n) is 13.1. The fourth-order valence-electron chi connectivity index (χ4n) is 2.99. The summed E-state index contributed by atoms with van der Waals surface area (Å²) in [7, 11) is 0. The Morgan fingerprint density at radius 1 is 1.14 bits per heavy atom. The molecule has 1 saturated heterocycles. The van der Waals surface area contributed by atoms with Crippen LogP contribution in [0.25, 0.3) is 0 Å². The number of ether oxygens (including phenoxy) is 2. The molecule has 1 aliphatic heterocycles. The van der Waals surface area contributed by atoms with Crippen LogP contribution >= 0.6 is 0 Å². The van der Waals surface area contributed by atoms with Crippen LogP contribution in [0.1, 0.15) is 51.5 Å². The SMILES string of the molecule is CC1(C)O[C@H](CC=O)C[C@H](CCCCc2ccccc2)O1. The second kappa shape index (κ2) is 7.71. The van der Waals surface area contributed by atoms with Gasteiger partial charge in [-0.2, -0.15) is 0 Å². The van der Waals surface area contributed by atoms with Gasteiger partial charge in [-0.25, -0.2) is 0 Å². The lowest BCUT2D eigenvalue weighted by Crippen LogP contribution is -2.44. The summed E-state index contributed by atoms with van der Waals surface area (Å²) in [6, 6.07) is 10.6. The molecule has 1 aromatic rings. The molecule has 0 aliphatic carbocycles. The monoisotopic (exact) mass is 290 g/mol. The molecule has 2 rings (SSSR count). The van der Waals surface area contributed by atoms with Crippen molar-refractivity contribution in [1.82, 2.24) is 0 Å². The van der Waals surface area contributed by atoms with Gasteiger partial charge in [0.15, 0.2) is 5.79 Å². The van der Waals surface area contributed by atoms with Gasteiger partial charge in [0.05, 0.1) is 12.2 Å². The van der Waals surface area contributed by atoms with Gasteiger partial charge >= 0.3 is 0 Å². The van der Waals surface area contributed by atoms with Crippen molar-refractivity contribution in [3.05, 3.63) is 35.9 Å². The van der Waals surface area contributed by atoms with Crippen LogP contribution in [0.2, 0.25) is 0 Å². The van der Waals surface area contributed by atoms with E-state index in [9.17, 15) is 4.79 Å². The lowest BCUT2D eigenvalue weighted by molar-refractivity contribution is -0.299. The Kier molecular flexibility index (Phi) is 5.95. The van der Waals surface area contributed by atoms with E-state index in [2.05, 4.69) is 30.3 Å². The fourth-order valence-corrected chi connectivity index (χ4v) is 2.99. The first kappa shape index (κ1) is 16.2. The molecule has 2 atom stereocenters. The number of unbranched alkanes of at least 4 members (excludes halogenated alkanes) is 1. The molecule has 21 heavy (non-hydrogen) atoms. The van der Waals surface area contributed by atoms with Gasteiger partial charge in [-0.05, 0) is 38.7 Å². The summed E-state index contributed by atoms with van der Waals surface area (Å²) >= 11 is 0. The molecule has 1 heterocycles. The van der Waals surface area contributed by atoms with Crippen LogP contribution in [0.4, 0.5) is 0 Å². The minimum Gasteiger partial charge on any atom is -0.347 e. The molecule has 0 aromatic heterocycles. The summed E-state index contributed by atoms with van der Waals surface area (Å²) in [4.78, 5) is 10.7. The Hall–Kier alpha value is -1.19. The number of rotatable bonds is 7. The van der Waals surface area contributed by atoms with Gasteiger partial charge in [0.25, 0.3) is 0 Å². The molecule has 0 radical (unpaired) electrons. The van der Waals surface area contributed by atoms with E-state index in [-0.39, 0.29) is 12.2 Å². The third-order valence-electron chi connectivity index (χ3n) is 3.87. The summed E-state index contributed by atoms with van der Waals surface area (Å²) < 4.78 is 11.7. The molecule has 1 aromatic carbocycles. The summed E-state index contributed by atoms with van der Waals surface area (Å²) in [6.07, 6.45) is 6.91. The maximum Gasteiger partial charge on any atom is 0.163 e. The normalized spacial score (nSPS) is 24.7. The summed E-state index contributed by atoms with van der Waals surface area (Å²) in [5, 5.41) is 0. The van der Waals surface area contributed by atoms with E-state index in [1.807, 2.05) is 13.8 Å². The molecule has 3 heteroatoms. The summed E-state index contributed by atoms with van der Waals surface area (Å²) in [5.41, 5.74) is 1.39. The second-order valence-electron chi connectivity index (χ2n) is 6.25. The van der Waals surface area contributed by atoms with Crippen molar-refractivity contribution in [2.45, 2.75) is 70.4 Å². The molecular formula is C18H26O3. The standard InChI is InChI=1S/C18H26O3/c1-18(2)20-16(14-17(21-18)12-13-19)11-7-6-10-15-8-4-3-5-9-15/h3-5,8-9,13,16-17H,6-7,10-12,14H2,1-2H3/t16-,17+/m0/s1. The molecule has 0 saturated carbocycles. The van der Waals surface area contributed by atoms with Crippen LogP contribution in [-0.2, 0) is 20.7 Å². The first-order valence-corrected chi connectivity index (χ1v) is 7.92. The van der Waals surface area contributed by atoms with Crippen LogP contribution in [0.3, 0.4) is 0 Å². The van der Waals surface area contributed by atoms with Crippen LogP contribution in [0.15, 0.2) is 30.3 Å². The molecule has 0 amide bonds. The third-order valence-corrected chi connectivity index (χ3v) is 3.87. The predicted octanol–water partition coefficient (Wildman–Crippen LogP) is 3.90. The molecule has 0 bridgehead atoms. The van der Waals surface area contributed by atoms with Crippen LogP contribution in [0.5, 0.6) is 0 Å². The lowest BCUT2D eigenvalue weighted by Gasteiger charge is -2.40. The smallest absolute Gasteiger partial charge is 0.163 e. The number of carbonyl (C=O) groups is 1. The average molecular weight is 290 g/mol. The van der Waals surface area contributed by atoms with Crippen molar-refractivity contribution >= 4 is 6.29 Å². The van der Waals surface area contributed by atoms with Crippen molar-refractivity contribution in [2.24, 2.45) is 0 Å². The van der Waals surface area contributed by atoms with Crippen molar-refractivity contribution in [1.29, 1.82) is 0 Å². The maximum atomic E-state index is 10.7. The van der Waals surface area contributed by atoms with Gasteiger partial charge in [-0.15, -0.1) is 0 Å². The van der Waals surface area contributed by atoms with E-state index in [4.69, 9.17) is 9.47 Å². The van der Waals surface area contributed by atoms with Gasteiger partial charge in [0, 0.05) is 12.8 Å². The Morgan fingerprint density at radius 2 is 1.86 bits per heavy atom. The number of benzene rings is 1. The van der Waals surface area contributed by atoms with Gasteiger partial charge in [-0.3, -0.25) is 0 Å². The highest BCUT2D eigenvalue weighted by molar-refractivity contribution is 5.50. The zero-order valence-corrected chi connectivity index (χ0v) is 13.1. The first-order valence-electron chi connectivity index (χ1n) is 7.92. The summed E-state index contributed by atoms with van der Waals surface area (Å²) in [6.45, 7) is 3.86. The van der Waals surface area contributed by atoms with Crippen molar-refractivity contribution in [2.75, 3.05) is 0 Å². The summed E-state index contributed by atoms with van der Waals surface area (Å²) in [5.74, 6) is -0.573. The Labute approximate surface area is 127 Å². The van der Waals surface area contributed by atoms with Crippen molar-refractivity contribution < 1.29 is 14.3 Å². The second-order valence-corrected chi connectivity index (χ2v) is 6.25. The topological polar surface area (TPSA) is 35.5 Å². The molecule has 0 unspecified atom stereocenters. The van der Waals surface area contributed by atoms with E-state index in [0.29, 0.717) is 6.42 Å². The van der Waals surface area contributed by atoms with Gasteiger partial charge in [0.2, 0.25) is 0 Å². The molecule has 0 N–H and O–H groups in total. The van der Waals surface area contributed by atoms with E-state index in [1.165, 1.54) is 12.0 Å². The van der Waals surface area contributed by atoms with Crippen molar-refractivity contribution in [3.63, 3.8) is 0 Å². The number of aldehydes is 1. The highest BCUT2D eigenvalue weighted by Gasteiger charge is 2.34. The molecule has 1 fully saturated rings. The number of aryl methyl sites for hydroxylation is 1. The van der Waals surface area contributed by atoms with Crippen LogP contribution in [0, 0.1) is 0 Å². The molecule has 3 nitrogen and oxygen atoms in total. The Bertz CT molecular complexity index is 427. The Morgan fingerprint density at radius 3 is 2.57 bits per heavy atom. The third kappa shape index (κ3) is 5.60. The minimum atomic E-state index is -0.573. The number of hydrogen-bond acceptors (Lipinski definition) is 3. The van der Waals surface area contributed by atoms with E-state index >= 15 is 0 Å². The Balaban J connectivity index is 1.73. The zero-order chi connectivity index (χ0) is 15.1. The fraction of sp³-hybridized carbons (Fsp3) is 0.611. The van der Waals surface area contributed by atoms with Crippen LogP contribution < -0.4 is 0 Å². The van der Waals surface area contributed by atoms with Crippen LogP contribution in [-0.4, -0.2) is 24.3 Å². The van der Waals surface area contributed by atoms with E-state index in [0.717, 1.165) is 32.0 Å². The maximum absolute atomic E-state index is 10.7. The molecule has 0 spiro atoms. The van der Waals surface area contributed by atoms with Gasteiger partial charge in [0.1, 0.15) is 6.29 Å². The molecular weight excluding hydrogens is 264 g/mol.